The average Bonchev–Trinajstić information content (AvgIpc) is 2.77. The topological polar surface area (TPSA) is 66.5 Å². The van der Waals surface area contributed by atoms with E-state index in [1.807, 2.05) is 34.6 Å². The van der Waals surface area contributed by atoms with Crippen LogP contribution in [0.1, 0.15) is 61.8 Å². The lowest BCUT2D eigenvalue weighted by Crippen LogP contribution is -2.52. The zero-order chi connectivity index (χ0) is 18.0. The summed E-state index contributed by atoms with van der Waals surface area (Å²) < 4.78 is 0. The number of imide groups is 1. The monoisotopic (exact) mass is 330 g/mol. The smallest absolute Gasteiger partial charge is 0.262 e. The van der Waals surface area contributed by atoms with Gasteiger partial charge >= 0.3 is 0 Å². The molecule has 0 aliphatic carbocycles. The van der Waals surface area contributed by atoms with Crippen molar-refractivity contribution in [2.45, 2.75) is 53.1 Å². The van der Waals surface area contributed by atoms with E-state index in [9.17, 15) is 14.4 Å². The fraction of sp³-hybridized carbons (Fsp3) is 0.526. The molecule has 0 saturated carbocycles. The van der Waals surface area contributed by atoms with E-state index in [2.05, 4.69) is 5.32 Å². The number of benzene rings is 1. The summed E-state index contributed by atoms with van der Waals surface area (Å²) >= 11 is 0. The summed E-state index contributed by atoms with van der Waals surface area (Å²) in [6.45, 7) is 9.92. The predicted octanol–water partition coefficient (Wildman–Crippen LogP) is 2.86. The van der Waals surface area contributed by atoms with Gasteiger partial charge in [0, 0.05) is 6.04 Å². The van der Waals surface area contributed by atoms with Gasteiger partial charge in [0.25, 0.3) is 11.8 Å². The second-order valence-corrected chi connectivity index (χ2v) is 7.21. The molecule has 5 heteroatoms. The predicted molar refractivity (Wildman–Crippen MR) is 92.6 cm³/mol. The van der Waals surface area contributed by atoms with Crippen LogP contribution < -0.4 is 5.32 Å². The molecule has 3 amide bonds. The van der Waals surface area contributed by atoms with E-state index < -0.39 is 6.04 Å². The van der Waals surface area contributed by atoms with Gasteiger partial charge in [0.1, 0.15) is 6.04 Å². The first-order valence-electron chi connectivity index (χ1n) is 8.51. The normalized spacial score (nSPS) is 16.5. The third-order valence-electron chi connectivity index (χ3n) is 4.50. The maximum Gasteiger partial charge on any atom is 0.262 e. The van der Waals surface area contributed by atoms with E-state index in [0.29, 0.717) is 17.5 Å². The number of rotatable bonds is 6. The van der Waals surface area contributed by atoms with E-state index in [1.54, 1.807) is 24.3 Å². The lowest BCUT2D eigenvalue weighted by molar-refractivity contribution is -0.126. The second kappa shape index (κ2) is 7.16. The van der Waals surface area contributed by atoms with E-state index in [-0.39, 0.29) is 35.6 Å². The highest BCUT2D eigenvalue weighted by atomic mass is 16.2. The van der Waals surface area contributed by atoms with Gasteiger partial charge in [-0.25, -0.2) is 0 Å². The molecular weight excluding hydrogens is 304 g/mol. The third-order valence-corrected chi connectivity index (χ3v) is 4.50. The van der Waals surface area contributed by atoms with E-state index in [0.717, 1.165) is 4.90 Å². The van der Waals surface area contributed by atoms with Crippen LogP contribution in [0.5, 0.6) is 0 Å². The van der Waals surface area contributed by atoms with Gasteiger partial charge in [-0.2, -0.15) is 0 Å². The summed E-state index contributed by atoms with van der Waals surface area (Å²) in [5.41, 5.74) is 0.752. The van der Waals surface area contributed by atoms with Crippen LogP contribution in [0.15, 0.2) is 24.3 Å². The highest BCUT2D eigenvalue weighted by molar-refractivity contribution is 6.22. The summed E-state index contributed by atoms with van der Waals surface area (Å²) in [6.07, 6.45) is 0.447. The molecule has 1 aromatic carbocycles. The minimum Gasteiger partial charge on any atom is -0.352 e. The number of fused-ring (bicyclic) bond motifs is 1. The van der Waals surface area contributed by atoms with Crippen LogP contribution in [0.3, 0.4) is 0 Å². The molecule has 0 radical (unpaired) electrons. The van der Waals surface area contributed by atoms with Crippen molar-refractivity contribution >= 4 is 17.7 Å². The number of carbonyl (C=O) groups is 3. The van der Waals surface area contributed by atoms with E-state index in [1.165, 1.54) is 0 Å². The number of carbonyl (C=O) groups excluding carboxylic acids is 3. The molecule has 0 spiro atoms. The lowest BCUT2D eigenvalue weighted by atomic mass is 10.00. The van der Waals surface area contributed by atoms with Crippen LogP contribution in [0.25, 0.3) is 0 Å². The van der Waals surface area contributed by atoms with Gasteiger partial charge in [-0.15, -0.1) is 0 Å². The van der Waals surface area contributed by atoms with Crippen molar-refractivity contribution in [3.8, 4) is 0 Å². The third kappa shape index (κ3) is 3.50. The van der Waals surface area contributed by atoms with Crippen molar-refractivity contribution in [2.24, 2.45) is 11.8 Å². The molecule has 1 aromatic rings. The molecule has 1 aliphatic rings. The largest absolute Gasteiger partial charge is 0.352 e. The molecule has 0 bridgehead atoms. The van der Waals surface area contributed by atoms with Crippen molar-refractivity contribution < 1.29 is 14.4 Å². The molecule has 1 N–H and O–H groups in total. The van der Waals surface area contributed by atoms with Crippen LogP contribution in [0.4, 0.5) is 0 Å². The Morgan fingerprint density at radius 2 is 1.50 bits per heavy atom. The van der Waals surface area contributed by atoms with Crippen molar-refractivity contribution in [3.63, 3.8) is 0 Å². The lowest BCUT2D eigenvalue weighted by Gasteiger charge is -2.29. The molecule has 1 aliphatic heterocycles. The highest BCUT2D eigenvalue weighted by Crippen LogP contribution is 2.27. The molecule has 0 aromatic heterocycles. The first-order chi connectivity index (χ1) is 11.2. The van der Waals surface area contributed by atoms with Crippen LogP contribution in [0.2, 0.25) is 0 Å². The summed E-state index contributed by atoms with van der Waals surface area (Å²) in [7, 11) is 0. The number of hydrogen-bond donors (Lipinski definition) is 1. The minimum atomic E-state index is -0.779. The zero-order valence-corrected chi connectivity index (χ0v) is 15.0. The van der Waals surface area contributed by atoms with Crippen molar-refractivity contribution in [2.75, 3.05) is 0 Å². The summed E-state index contributed by atoms with van der Waals surface area (Å²) in [6, 6.07) is 5.92. The van der Waals surface area contributed by atoms with Gasteiger partial charge in [-0.05, 0) is 37.3 Å². The fourth-order valence-electron chi connectivity index (χ4n) is 2.75. The summed E-state index contributed by atoms with van der Waals surface area (Å²) in [5, 5.41) is 2.94. The van der Waals surface area contributed by atoms with Crippen molar-refractivity contribution in [1.82, 2.24) is 10.2 Å². The minimum absolute atomic E-state index is 0.0256. The Bertz CT molecular complexity index is 617. The molecule has 130 valence electrons. The molecule has 24 heavy (non-hydrogen) atoms. The Balaban J connectivity index is 2.31. The fourth-order valence-corrected chi connectivity index (χ4v) is 2.75. The van der Waals surface area contributed by atoms with Crippen molar-refractivity contribution in [3.05, 3.63) is 35.4 Å². The first-order valence-corrected chi connectivity index (χ1v) is 8.51. The molecule has 2 atom stereocenters. The van der Waals surface area contributed by atoms with Crippen LogP contribution in [-0.4, -0.2) is 34.7 Å². The molecule has 1 heterocycles. The summed E-state index contributed by atoms with van der Waals surface area (Å²) in [4.78, 5) is 39.3. The SMILES string of the molecule is CC(C)CC(C(=O)NC(C)C(C)C)N1C(=O)c2ccccc2C1=O. The average molecular weight is 330 g/mol. The van der Waals surface area contributed by atoms with Gasteiger partial charge < -0.3 is 5.32 Å². The highest BCUT2D eigenvalue weighted by Gasteiger charge is 2.42. The van der Waals surface area contributed by atoms with Crippen LogP contribution >= 0.6 is 0 Å². The van der Waals surface area contributed by atoms with Gasteiger partial charge in [-0.1, -0.05) is 39.8 Å². The van der Waals surface area contributed by atoms with E-state index in [4.69, 9.17) is 0 Å². The van der Waals surface area contributed by atoms with Crippen LogP contribution in [-0.2, 0) is 4.79 Å². The Labute approximate surface area is 143 Å². The number of nitrogens with zero attached hydrogens (tertiary/aromatic N) is 1. The van der Waals surface area contributed by atoms with E-state index >= 15 is 0 Å². The molecule has 0 fully saturated rings. The Morgan fingerprint density at radius 3 is 1.92 bits per heavy atom. The van der Waals surface area contributed by atoms with Crippen LogP contribution in [0, 0.1) is 11.8 Å². The Morgan fingerprint density at radius 1 is 1.00 bits per heavy atom. The number of amides is 3. The zero-order valence-electron chi connectivity index (χ0n) is 15.0. The Hall–Kier alpha value is -2.17. The first kappa shape index (κ1) is 18.2. The van der Waals surface area contributed by atoms with Crippen molar-refractivity contribution in [1.29, 1.82) is 0 Å². The molecule has 0 saturated heterocycles. The maximum absolute atomic E-state index is 12.8. The standard InChI is InChI=1S/C19H26N2O3/c1-11(2)10-16(17(22)20-13(5)12(3)4)21-18(23)14-8-6-7-9-15(14)19(21)24/h6-9,11-13,16H,10H2,1-5H3,(H,20,22). The van der Waals surface area contributed by atoms with Gasteiger partial charge in [0.15, 0.2) is 0 Å². The quantitative estimate of drug-likeness (QED) is 0.816. The molecule has 2 rings (SSSR count). The number of hydrogen-bond acceptors (Lipinski definition) is 3. The maximum atomic E-state index is 12.8. The van der Waals surface area contributed by atoms with Gasteiger partial charge in [-0.3, -0.25) is 19.3 Å². The van der Waals surface area contributed by atoms with Gasteiger partial charge in [0.05, 0.1) is 11.1 Å². The Kier molecular flexibility index (Phi) is 5.42. The summed E-state index contributed by atoms with van der Waals surface area (Å²) in [5.74, 6) is -0.572. The molecule has 2 unspecified atom stereocenters. The van der Waals surface area contributed by atoms with Gasteiger partial charge in [0.2, 0.25) is 5.91 Å². The molecule has 5 nitrogen and oxygen atoms in total. The molecular formula is C19H26N2O3. The number of nitrogens with one attached hydrogen (secondary N) is 1. The second-order valence-electron chi connectivity index (χ2n) is 7.21.